The summed E-state index contributed by atoms with van der Waals surface area (Å²) in [5, 5.41) is 0. The molecule has 2 aromatic heterocycles. The molecule has 6 aromatic rings. The van der Waals surface area contributed by atoms with Crippen LogP contribution in [0.25, 0.3) is 33.4 Å². The van der Waals surface area contributed by atoms with Crippen LogP contribution < -0.4 is 14.0 Å². The Morgan fingerprint density at radius 3 is 0.949 bits per heavy atom. The van der Waals surface area contributed by atoms with Gasteiger partial charge in [0.15, 0.2) is 24.8 Å². The quantitative estimate of drug-likeness (QED) is 0.210. The van der Waals surface area contributed by atoms with Gasteiger partial charge in [0.2, 0.25) is 0 Å². The standard InChI is InChI=1S/C36H31N3/c1-37-24-20-32(21-25-37)30-10-16-35(17-11-30)39(34-14-8-29(9-15-34)28-6-4-3-5-7-28)36-18-12-31(13-19-36)33-22-26-38(2)27-23-33/h3-27H,1-2H3/q+2. The van der Waals surface area contributed by atoms with Crippen LogP contribution in [0.3, 0.4) is 0 Å². The third-order valence-corrected chi connectivity index (χ3v) is 7.11. The fourth-order valence-electron chi connectivity index (χ4n) is 4.87. The van der Waals surface area contributed by atoms with Gasteiger partial charge < -0.3 is 4.90 Å². The summed E-state index contributed by atoms with van der Waals surface area (Å²) < 4.78 is 4.11. The Balaban J connectivity index is 1.37. The maximum absolute atomic E-state index is 2.32. The van der Waals surface area contributed by atoms with Crippen molar-refractivity contribution in [2.75, 3.05) is 4.90 Å². The highest BCUT2D eigenvalue weighted by Gasteiger charge is 2.14. The van der Waals surface area contributed by atoms with E-state index in [2.05, 4.69) is 166 Å². The summed E-state index contributed by atoms with van der Waals surface area (Å²) in [6, 6.07) is 45.6. The molecule has 6 rings (SSSR count). The van der Waals surface area contributed by atoms with E-state index < -0.39 is 0 Å². The number of benzene rings is 4. The van der Waals surface area contributed by atoms with Crippen LogP contribution in [-0.4, -0.2) is 0 Å². The van der Waals surface area contributed by atoms with Gasteiger partial charge in [0.05, 0.1) is 0 Å². The molecule has 0 bridgehead atoms. The van der Waals surface area contributed by atoms with Gasteiger partial charge in [0.1, 0.15) is 14.1 Å². The molecule has 39 heavy (non-hydrogen) atoms. The first-order valence-electron chi connectivity index (χ1n) is 13.2. The summed E-state index contributed by atoms with van der Waals surface area (Å²) >= 11 is 0. The number of aryl methyl sites for hydroxylation is 2. The Morgan fingerprint density at radius 1 is 0.333 bits per heavy atom. The SMILES string of the molecule is C[n+]1ccc(-c2ccc(N(c3ccc(-c4ccccc4)cc3)c3ccc(-c4cc[n+](C)cc4)cc3)cc2)cc1. The average molecular weight is 506 g/mol. The van der Waals surface area contributed by atoms with Crippen molar-refractivity contribution in [3.8, 4) is 33.4 Å². The van der Waals surface area contributed by atoms with Crippen LogP contribution in [0.5, 0.6) is 0 Å². The molecule has 0 N–H and O–H groups in total. The Hall–Kier alpha value is -5.02. The molecule has 0 spiro atoms. The van der Waals surface area contributed by atoms with Crippen molar-refractivity contribution in [2.24, 2.45) is 14.1 Å². The number of rotatable bonds is 6. The van der Waals surface area contributed by atoms with E-state index in [0.717, 1.165) is 17.1 Å². The molecule has 0 atom stereocenters. The molecular weight excluding hydrogens is 474 g/mol. The van der Waals surface area contributed by atoms with E-state index in [-0.39, 0.29) is 0 Å². The highest BCUT2D eigenvalue weighted by atomic mass is 15.1. The van der Waals surface area contributed by atoms with Crippen molar-refractivity contribution in [1.82, 2.24) is 0 Å². The van der Waals surface area contributed by atoms with Crippen molar-refractivity contribution in [2.45, 2.75) is 0 Å². The van der Waals surface area contributed by atoms with Crippen molar-refractivity contribution in [3.05, 3.63) is 152 Å². The number of anilines is 3. The van der Waals surface area contributed by atoms with Crippen LogP contribution in [0, 0.1) is 0 Å². The molecule has 0 amide bonds. The van der Waals surface area contributed by atoms with E-state index >= 15 is 0 Å². The minimum atomic E-state index is 1.12. The summed E-state index contributed by atoms with van der Waals surface area (Å²) in [6.07, 6.45) is 8.33. The first-order chi connectivity index (χ1) is 19.1. The van der Waals surface area contributed by atoms with Gasteiger partial charge in [0, 0.05) is 41.3 Å². The maximum atomic E-state index is 2.32. The lowest BCUT2D eigenvalue weighted by atomic mass is 10.0. The first-order valence-corrected chi connectivity index (χ1v) is 13.2. The summed E-state index contributed by atoms with van der Waals surface area (Å²) in [5.74, 6) is 0. The van der Waals surface area contributed by atoms with E-state index in [9.17, 15) is 0 Å². The van der Waals surface area contributed by atoms with E-state index in [1.807, 2.05) is 14.1 Å². The lowest BCUT2D eigenvalue weighted by molar-refractivity contribution is -0.671. The van der Waals surface area contributed by atoms with Gasteiger partial charge in [-0.1, -0.05) is 66.7 Å². The fourth-order valence-corrected chi connectivity index (χ4v) is 4.87. The van der Waals surface area contributed by atoms with Gasteiger partial charge in [-0.2, -0.15) is 0 Å². The second-order valence-corrected chi connectivity index (χ2v) is 9.85. The second-order valence-electron chi connectivity index (χ2n) is 9.85. The lowest BCUT2D eigenvalue weighted by Crippen LogP contribution is -2.25. The predicted molar refractivity (Wildman–Crippen MR) is 160 cm³/mol. The minimum Gasteiger partial charge on any atom is -0.311 e. The fraction of sp³-hybridized carbons (Fsp3) is 0.0556. The number of aromatic nitrogens is 2. The zero-order valence-corrected chi connectivity index (χ0v) is 22.3. The normalized spacial score (nSPS) is 10.8. The molecule has 0 aliphatic rings. The molecule has 0 radical (unpaired) electrons. The molecule has 0 fully saturated rings. The van der Waals surface area contributed by atoms with Gasteiger partial charge in [-0.3, -0.25) is 0 Å². The van der Waals surface area contributed by atoms with Crippen LogP contribution in [0.1, 0.15) is 0 Å². The first kappa shape index (κ1) is 24.3. The molecular formula is C36H31N3+2. The highest BCUT2D eigenvalue weighted by molar-refractivity contribution is 5.80. The molecule has 3 heteroatoms. The van der Waals surface area contributed by atoms with Crippen molar-refractivity contribution >= 4 is 17.1 Å². The topological polar surface area (TPSA) is 11.0 Å². The molecule has 4 aromatic carbocycles. The molecule has 2 heterocycles. The molecule has 3 nitrogen and oxygen atoms in total. The Kier molecular flexibility index (Phi) is 6.71. The summed E-state index contributed by atoms with van der Waals surface area (Å²) in [7, 11) is 4.08. The molecule has 0 unspecified atom stereocenters. The van der Waals surface area contributed by atoms with Crippen LogP contribution in [0.2, 0.25) is 0 Å². The number of nitrogens with zero attached hydrogens (tertiary/aromatic N) is 3. The van der Waals surface area contributed by atoms with E-state index in [1.54, 1.807) is 0 Å². The Morgan fingerprint density at radius 2 is 0.615 bits per heavy atom. The number of hydrogen-bond acceptors (Lipinski definition) is 1. The largest absolute Gasteiger partial charge is 0.311 e. The van der Waals surface area contributed by atoms with Gasteiger partial charge in [-0.05, 0) is 69.8 Å². The van der Waals surface area contributed by atoms with E-state index in [4.69, 9.17) is 0 Å². The minimum absolute atomic E-state index is 1.12. The van der Waals surface area contributed by atoms with Gasteiger partial charge in [-0.15, -0.1) is 0 Å². The van der Waals surface area contributed by atoms with Crippen LogP contribution in [0.15, 0.2) is 152 Å². The van der Waals surface area contributed by atoms with Crippen molar-refractivity contribution in [3.63, 3.8) is 0 Å². The van der Waals surface area contributed by atoms with Crippen molar-refractivity contribution in [1.29, 1.82) is 0 Å². The molecule has 188 valence electrons. The molecule has 0 aliphatic heterocycles. The highest BCUT2D eigenvalue weighted by Crippen LogP contribution is 2.37. The van der Waals surface area contributed by atoms with Crippen LogP contribution in [0.4, 0.5) is 17.1 Å². The van der Waals surface area contributed by atoms with E-state index in [1.165, 1.54) is 33.4 Å². The molecule has 0 saturated heterocycles. The monoisotopic (exact) mass is 505 g/mol. The summed E-state index contributed by atoms with van der Waals surface area (Å²) in [4.78, 5) is 2.32. The van der Waals surface area contributed by atoms with Gasteiger partial charge in [0.25, 0.3) is 0 Å². The Labute approximate surface area is 230 Å². The Bertz CT molecular complexity index is 1570. The van der Waals surface area contributed by atoms with Crippen LogP contribution >= 0.6 is 0 Å². The maximum Gasteiger partial charge on any atom is 0.169 e. The average Bonchev–Trinajstić information content (AvgIpc) is 3.00. The lowest BCUT2D eigenvalue weighted by Gasteiger charge is -2.26. The van der Waals surface area contributed by atoms with E-state index in [0.29, 0.717) is 0 Å². The third-order valence-electron chi connectivity index (χ3n) is 7.11. The summed E-state index contributed by atoms with van der Waals surface area (Å²) in [5.41, 5.74) is 10.6. The van der Waals surface area contributed by atoms with Gasteiger partial charge in [-0.25, -0.2) is 9.13 Å². The number of hydrogen-bond donors (Lipinski definition) is 0. The number of pyridine rings is 2. The summed E-state index contributed by atoms with van der Waals surface area (Å²) in [6.45, 7) is 0. The zero-order valence-electron chi connectivity index (χ0n) is 22.3. The second kappa shape index (κ2) is 10.8. The zero-order chi connectivity index (χ0) is 26.6. The third kappa shape index (κ3) is 5.34. The van der Waals surface area contributed by atoms with Crippen LogP contribution in [-0.2, 0) is 14.1 Å². The molecule has 0 saturated carbocycles. The smallest absolute Gasteiger partial charge is 0.169 e. The molecule has 0 aliphatic carbocycles. The van der Waals surface area contributed by atoms with Gasteiger partial charge >= 0.3 is 0 Å². The predicted octanol–water partition coefficient (Wildman–Crippen LogP) is 7.81. The van der Waals surface area contributed by atoms with Crippen molar-refractivity contribution < 1.29 is 9.13 Å².